The number of hydrogen-bond acceptors (Lipinski definition) is 5. The Balaban J connectivity index is 1.91. The second-order valence-corrected chi connectivity index (χ2v) is 7.44. The van der Waals surface area contributed by atoms with Crippen LogP contribution in [0.3, 0.4) is 0 Å². The maximum Gasteiger partial charge on any atom is 0.161 e. The number of rotatable bonds is 10. The number of aliphatic hydroxyl groups excluding tert-OH is 1. The van der Waals surface area contributed by atoms with Gasteiger partial charge in [-0.2, -0.15) is 0 Å². The number of nitrogens with zero attached hydrogens (tertiary/aromatic N) is 2. The van der Waals surface area contributed by atoms with Crippen LogP contribution in [0.5, 0.6) is 11.5 Å². The molecule has 0 amide bonds. The molecular formula is C21H34N2O3. The Morgan fingerprint density at radius 2 is 2.00 bits per heavy atom. The molecule has 0 spiro atoms. The summed E-state index contributed by atoms with van der Waals surface area (Å²) in [6, 6.07) is 5.97. The quantitative estimate of drug-likeness (QED) is 0.649. The summed E-state index contributed by atoms with van der Waals surface area (Å²) in [7, 11) is 3.71. The summed E-state index contributed by atoms with van der Waals surface area (Å²) >= 11 is 0. The Hall–Kier alpha value is -1.56. The smallest absolute Gasteiger partial charge is 0.161 e. The number of likely N-dealkylation sites (N-methyl/N-ethyl adjacent to an activating group) is 1. The van der Waals surface area contributed by atoms with Gasteiger partial charge in [-0.15, -0.1) is 0 Å². The third kappa shape index (κ3) is 6.98. The zero-order valence-corrected chi connectivity index (χ0v) is 16.5. The van der Waals surface area contributed by atoms with Crippen LogP contribution in [0.25, 0.3) is 0 Å². The summed E-state index contributed by atoms with van der Waals surface area (Å²) in [6.45, 7) is 10.8. The number of piperidine rings is 1. The minimum Gasteiger partial charge on any atom is -0.493 e. The molecule has 1 heterocycles. The Bertz CT molecular complexity index is 570. The maximum absolute atomic E-state index is 10.3. The van der Waals surface area contributed by atoms with Gasteiger partial charge >= 0.3 is 0 Å². The summed E-state index contributed by atoms with van der Waals surface area (Å²) in [6.07, 6.45) is 3.25. The molecule has 1 aromatic carbocycles. The second-order valence-electron chi connectivity index (χ2n) is 7.44. The van der Waals surface area contributed by atoms with Gasteiger partial charge in [0.05, 0.1) is 7.11 Å². The number of ether oxygens (including phenoxy) is 2. The third-order valence-electron chi connectivity index (χ3n) is 4.57. The van der Waals surface area contributed by atoms with Crippen LogP contribution in [-0.4, -0.2) is 68.0 Å². The predicted molar refractivity (Wildman–Crippen MR) is 106 cm³/mol. The van der Waals surface area contributed by atoms with Gasteiger partial charge in [0.2, 0.25) is 0 Å². The van der Waals surface area contributed by atoms with Gasteiger partial charge in [-0.3, -0.25) is 4.90 Å². The largest absolute Gasteiger partial charge is 0.493 e. The lowest BCUT2D eigenvalue weighted by atomic mass is 10.1. The van der Waals surface area contributed by atoms with Gasteiger partial charge in [0, 0.05) is 19.6 Å². The van der Waals surface area contributed by atoms with Gasteiger partial charge in [0.15, 0.2) is 11.5 Å². The Labute approximate surface area is 158 Å². The summed E-state index contributed by atoms with van der Waals surface area (Å²) in [5.41, 5.74) is 2.29. The fraction of sp³-hybridized carbons (Fsp3) is 0.619. The molecule has 0 saturated carbocycles. The van der Waals surface area contributed by atoms with Gasteiger partial charge in [-0.05, 0) is 57.6 Å². The first kappa shape index (κ1) is 20.7. The number of benzene rings is 1. The molecule has 0 aliphatic carbocycles. The summed E-state index contributed by atoms with van der Waals surface area (Å²) in [4.78, 5) is 4.52. The van der Waals surface area contributed by atoms with Crippen molar-refractivity contribution >= 4 is 0 Å². The SMILES string of the molecule is C=C(C)CN(C)Cc1ccc(OC)c(OC[C@@H](O)CN2CCCCC2)c1. The van der Waals surface area contributed by atoms with Crippen molar-refractivity contribution < 1.29 is 14.6 Å². The molecule has 146 valence electrons. The van der Waals surface area contributed by atoms with Crippen LogP contribution in [0, 0.1) is 0 Å². The molecule has 0 aromatic heterocycles. The van der Waals surface area contributed by atoms with Crippen molar-refractivity contribution in [1.29, 1.82) is 0 Å². The van der Waals surface area contributed by atoms with Gasteiger partial charge in [-0.1, -0.05) is 24.6 Å². The maximum atomic E-state index is 10.3. The van der Waals surface area contributed by atoms with Crippen LogP contribution >= 0.6 is 0 Å². The van der Waals surface area contributed by atoms with Crippen LogP contribution in [0.15, 0.2) is 30.4 Å². The molecule has 1 saturated heterocycles. The van der Waals surface area contributed by atoms with Crippen molar-refractivity contribution in [1.82, 2.24) is 9.80 Å². The molecule has 26 heavy (non-hydrogen) atoms. The monoisotopic (exact) mass is 362 g/mol. The second kappa shape index (κ2) is 10.6. The van der Waals surface area contributed by atoms with E-state index in [1.54, 1.807) is 7.11 Å². The first-order valence-corrected chi connectivity index (χ1v) is 9.51. The molecule has 1 fully saturated rings. The van der Waals surface area contributed by atoms with Crippen LogP contribution in [-0.2, 0) is 6.54 Å². The lowest BCUT2D eigenvalue weighted by molar-refractivity contribution is 0.0608. The minimum atomic E-state index is -0.493. The van der Waals surface area contributed by atoms with Crippen LogP contribution in [0.1, 0.15) is 31.7 Å². The van der Waals surface area contributed by atoms with E-state index in [9.17, 15) is 5.11 Å². The molecule has 1 N–H and O–H groups in total. The summed E-state index contributed by atoms with van der Waals surface area (Å²) < 4.78 is 11.3. The van der Waals surface area contributed by atoms with Gasteiger partial charge in [0.1, 0.15) is 12.7 Å². The highest BCUT2D eigenvalue weighted by Crippen LogP contribution is 2.28. The lowest BCUT2D eigenvalue weighted by Crippen LogP contribution is -2.38. The van der Waals surface area contributed by atoms with Crippen molar-refractivity contribution in [3.63, 3.8) is 0 Å². The molecule has 0 unspecified atom stereocenters. The molecule has 1 aliphatic heterocycles. The number of β-amino-alcohol motifs (C(OH)–C–C–N with tert-alkyl or cyclic N) is 1. The van der Waals surface area contributed by atoms with E-state index < -0.39 is 6.10 Å². The number of methoxy groups -OCH3 is 1. The standard InChI is InChI=1S/C21H34N2O3/c1-17(2)13-22(3)14-18-8-9-20(25-4)21(12-18)26-16-19(24)15-23-10-6-5-7-11-23/h8-9,12,19,24H,1,5-7,10-11,13-16H2,2-4H3/t19-/m0/s1. The molecule has 5 nitrogen and oxygen atoms in total. The van der Waals surface area contributed by atoms with Gasteiger partial charge in [0.25, 0.3) is 0 Å². The van der Waals surface area contributed by atoms with E-state index in [1.165, 1.54) is 19.3 Å². The topological polar surface area (TPSA) is 45.2 Å². The van der Waals surface area contributed by atoms with E-state index in [4.69, 9.17) is 9.47 Å². The Kier molecular flexibility index (Phi) is 8.42. The molecule has 0 radical (unpaired) electrons. The average Bonchev–Trinajstić information content (AvgIpc) is 2.60. The van der Waals surface area contributed by atoms with Crippen molar-refractivity contribution in [2.75, 3.05) is 46.9 Å². The molecule has 1 aromatic rings. The summed E-state index contributed by atoms with van der Waals surface area (Å²) in [5, 5.41) is 10.3. The average molecular weight is 363 g/mol. The number of likely N-dealkylation sites (tertiary alicyclic amines) is 1. The van der Waals surface area contributed by atoms with Gasteiger partial charge in [-0.25, -0.2) is 0 Å². The first-order chi connectivity index (χ1) is 12.5. The molecule has 1 atom stereocenters. The van der Waals surface area contributed by atoms with Crippen LogP contribution in [0.2, 0.25) is 0 Å². The van der Waals surface area contributed by atoms with E-state index >= 15 is 0 Å². The normalized spacial score (nSPS) is 16.5. The van der Waals surface area contributed by atoms with E-state index in [1.807, 2.05) is 25.1 Å². The first-order valence-electron chi connectivity index (χ1n) is 9.51. The molecule has 2 rings (SSSR count). The van der Waals surface area contributed by atoms with Gasteiger partial charge < -0.3 is 19.5 Å². The molecule has 0 bridgehead atoms. The Morgan fingerprint density at radius 3 is 2.65 bits per heavy atom. The minimum absolute atomic E-state index is 0.276. The Morgan fingerprint density at radius 1 is 1.27 bits per heavy atom. The van der Waals surface area contributed by atoms with Crippen molar-refractivity contribution in [3.8, 4) is 11.5 Å². The highest BCUT2D eigenvalue weighted by Gasteiger charge is 2.16. The van der Waals surface area contributed by atoms with Crippen LogP contribution < -0.4 is 9.47 Å². The van der Waals surface area contributed by atoms with E-state index in [0.717, 1.165) is 37.3 Å². The molecule has 5 heteroatoms. The zero-order chi connectivity index (χ0) is 18.9. The van der Waals surface area contributed by atoms with Crippen LogP contribution in [0.4, 0.5) is 0 Å². The highest BCUT2D eigenvalue weighted by molar-refractivity contribution is 5.43. The van der Waals surface area contributed by atoms with Crippen molar-refractivity contribution in [3.05, 3.63) is 35.9 Å². The van der Waals surface area contributed by atoms with E-state index in [0.29, 0.717) is 18.0 Å². The predicted octanol–water partition coefficient (Wildman–Crippen LogP) is 2.93. The number of aliphatic hydroxyl groups is 1. The summed E-state index contributed by atoms with van der Waals surface area (Å²) in [5.74, 6) is 1.38. The van der Waals surface area contributed by atoms with E-state index in [-0.39, 0.29) is 6.61 Å². The lowest BCUT2D eigenvalue weighted by Gasteiger charge is -2.28. The highest BCUT2D eigenvalue weighted by atomic mass is 16.5. The third-order valence-corrected chi connectivity index (χ3v) is 4.57. The van der Waals surface area contributed by atoms with Crippen molar-refractivity contribution in [2.45, 2.75) is 38.8 Å². The fourth-order valence-corrected chi connectivity index (χ4v) is 3.44. The number of hydrogen-bond donors (Lipinski definition) is 1. The zero-order valence-electron chi connectivity index (χ0n) is 16.5. The molecule has 1 aliphatic rings. The molecular weight excluding hydrogens is 328 g/mol. The van der Waals surface area contributed by atoms with Crippen molar-refractivity contribution in [2.24, 2.45) is 0 Å². The van der Waals surface area contributed by atoms with E-state index in [2.05, 4.69) is 23.4 Å². The fourth-order valence-electron chi connectivity index (χ4n) is 3.44.